The molecule has 4 atom stereocenters. The number of morpholine rings is 4. The van der Waals surface area contributed by atoms with Crippen molar-refractivity contribution in [3.05, 3.63) is 153 Å². The minimum Gasteiger partial charge on any atom is -0.377 e. The van der Waals surface area contributed by atoms with E-state index in [0.29, 0.717) is 110 Å². The number of ether oxygens (including phenoxy) is 4. The van der Waals surface area contributed by atoms with Gasteiger partial charge in [-0.2, -0.15) is 0 Å². The monoisotopic (exact) mass is 1970 g/mol. The van der Waals surface area contributed by atoms with Gasteiger partial charge in [-0.1, -0.05) is 78.1 Å². The molecule has 0 aromatic carbocycles. The van der Waals surface area contributed by atoms with Crippen LogP contribution in [-0.4, -0.2) is 237 Å². The van der Waals surface area contributed by atoms with E-state index in [0.717, 1.165) is 160 Å². The summed E-state index contributed by atoms with van der Waals surface area (Å²) in [5.74, 6) is 3.17. The molecule has 0 amide bonds. The van der Waals surface area contributed by atoms with Gasteiger partial charge in [0.15, 0.2) is 29.5 Å². The molecule has 4 aliphatic heterocycles. The van der Waals surface area contributed by atoms with Crippen LogP contribution in [0.2, 0.25) is 25.1 Å². The number of rotatable bonds is 25. The van der Waals surface area contributed by atoms with Gasteiger partial charge in [-0.3, -0.25) is 0 Å². The molecule has 4 aliphatic rings. The molecule has 10 aromatic heterocycles. The summed E-state index contributed by atoms with van der Waals surface area (Å²) >= 11 is 9.45. The number of pyridine rings is 7. The van der Waals surface area contributed by atoms with Crippen LogP contribution in [0.5, 0.6) is 0 Å². The Morgan fingerprint density at radius 2 is 0.701 bits per heavy atom. The molecular weight excluding hydrogens is 1840 g/mol. The zero-order valence-corrected chi connectivity index (χ0v) is 85.3. The van der Waals surface area contributed by atoms with Crippen molar-refractivity contribution in [3.8, 4) is 22.8 Å². The summed E-state index contributed by atoms with van der Waals surface area (Å²) in [5.41, 5.74) is 14.9. The summed E-state index contributed by atoms with van der Waals surface area (Å²) < 4.78 is 119. The Balaban J connectivity index is 0.000000184. The fourth-order valence-corrected chi connectivity index (χ4v) is 20.7. The van der Waals surface area contributed by atoms with Crippen molar-refractivity contribution in [2.75, 3.05) is 131 Å². The Labute approximate surface area is 769 Å². The van der Waals surface area contributed by atoms with Gasteiger partial charge >= 0.3 is 157 Å². The molecule has 698 valence electrons. The molecule has 4 saturated heterocycles. The molecule has 0 aliphatic carbocycles. The Bertz CT molecular complexity index is 5710. The van der Waals surface area contributed by atoms with Crippen molar-refractivity contribution < 1.29 is 52.6 Å². The summed E-state index contributed by atoms with van der Waals surface area (Å²) in [6, 6.07) is 33.8. The number of nitrogens with zero attached hydrogens (tertiary/aromatic N) is 11. The van der Waals surface area contributed by atoms with Gasteiger partial charge < -0.3 is 49.2 Å². The van der Waals surface area contributed by atoms with Gasteiger partial charge in [0.05, 0.1) is 128 Å². The number of fused-ring (bicyclic) bond motifs is 3. The summed E-state index contributed by atoms with van der Waals surface area (Å²) in [5, 5.41) is 4.00. The zero-order valence-electron chi connectivity index (χ0n) is 77.7. The first-order valence-corrected chi connectivity index (χ1v) is 62.1. The Morgan fingerprint density at radius 1 is 0.394 bits per heavy atom. The average molecular weight is 1980 g/mol. The molecule has 0 spiro atoms. The number of aromatic nitrogens is 10. The number of aromatic amines is 3. The second-order valence-electron chi connectivity index (χ2n) is 36.3. The maximum atomic E-state index is 12.7. The maximum absolute atomic E-state index is 12.7. The van der Waals surface area contributed by atoms with E-state index in [1.165, 1.54) is 30.7 Å². The molecule has 0 bridgehead atoms. The minimum atomic E-state index is -3.36. The van der Waals surface area contributed by atoms with Crippen LogP contribution in [0.15, 0.2) is 103 Å². The first-order chi connectivity index (χ1) is 59.1. The van der Waals surface area contributed by atoms with E-state index in [1.54, 1.807) is 67.5 Å². The van der Waals surface area contributed by atoms with E-state index >= 15 is 0 Å². The van der Waals surface area contributed by atoms with Crippen molar-refractivity contribution in [3.63, 3.8) is 0 Å². The molecular formula is C93H137Cl2N15O12S4Sn. The van der Waals surface area contributed by atoms with Crippen LogP contribution in [0.1, 0.15) is 182 Å². The van der Waals surface area contributed by atoms with Crippen molar-refractivity contribution >= 4 is 141 Å². The molecule has 14 heterocycles. The van der Waals surface area contributed by atoms with Gasteiger partial charge in [0.25, 0.3) is 0 Å². The fourth-order valence-electron chi connectivity index (χ4n) is 15.2. The summed E-state index contributed by atoms with van der Waals surface area (Å²) in [6.07, 6.45) is 13.1. The number of nitrogens with one attached hydrogen (secondary N) is 4. The molecule has 27 nitrogen and oxygen atoms in total. The summed E-state index contributed by atoms with van der Waals surface area (Å²) in [6.45, 7) is 35.6. The molecule has 0 radical (unpaired) electrons. The number of halogens is 2. The first kappa shape index (κ1) is 104. The molecule has 4 N–H and O–H groups in total. The molecule has 0 unspecified atom stereocenters. The molecule has 127 heavy (non-hydrogen) atoms. The number of sulfone groups is 4. The average Bonchev–Trinajstić information content (AvgIpc) is 1.40. The zero-order chi connectivity index (χ0) is 92.5. The Morgan fingerprint density at radius 3 is 1.03 bits per heavy atom. The number of H-pyrrole nitrogens is 3. The van der Waals surface area contributed by atoms with Gasteiger partial charge in [0.2, 0.25) is 0 Å². The van der Waals surface area contributed by atoms with E-state index in [2.05, 4.69) is 118 Å². The number of hydrogen-bond donors (Lipinski definition) is 4. The number of anilines is 4. The second kappa shape index (κ2) is 43.0. The maximum Gasteiger partial charge on any atom is 0.156 e. The van der Waals surface area contributed by atoms with Crippen molar-refractivity contribution in [2.24, 2.45) is 0 Å². The normalized spacial score (nSPS) is 17.7. The first-order valence-electron chi connectivity index (χ1n) is 43.8. The predicted molar refractivity (Wildman–Crippen MR) is 524 cm³/mol. The fraction of sp³-hybridized carbons (Fsp3) is 0.559. The van der Waals surface area contributed by atoms with Gasteiger partial charge in [-0.25, -0.2) is 55.2 Å². The third-order valence-corrected chi connectivity index (χ3v) is 38.8. The third-order valence-electron chi connectivity index (χ3n) is 24.9. The van der Waals surface area contributed by atoms with Gasteiger partial charge in [-0.05, 0) is 188 Å². The van der Waals surface area contributed by atoms with E-state index in [-0.39, 0.29) is 25.6 Å². The SMILES string of the molecule is C.CCCc1cc2nc(-c3cc(C(C)(C)S(C)(=O)=O)cc(N4CCOC[C@@H]4CC)n3)ccc2[nH]1.CCCc1cc2nc(Cl)ccc2[nH]1.CC[C@H]1COCCN1c1cc(C(C)(C)S(C)(=O)=O)c[c]([Sn]([CH3])([CH3])[CH3])n1.CC[C@H]1COCCN1c1cc(C(C)(C)S(C)(=O)=O)cc(-c2ccc3[nH]c(CNC)cc3n2)n1.CC[C@H]1COCCN1c1cc(C(C)(C)S(C)(=O)=O)cc(Cl)n1. The minimum absolute atomic E-state index is 0. The van der Waals surface area contributed by atoms with Crippen LogP contribution >= 0.6 is 23.2 Å². The molecule has 0 saturated carbocycles. The van der Waals surface area contributed by atoms with Crippen molar-refractivity contribution in [1.82, 2.24) is 55.2 Å². The standard InChI is InChI=1S/C25H34N4O3S.C24H33N5O3S.C15H23ClN2O3S.C15H23N2O3S.C10H11ClN2.CH4.3CH3.Sn/c1-6-8-18-15-23-20(26-18)9-10-21(27-23)22-13-17(25(3,4)33(5,30)31)14-24(28-22)29-11-12-32-16-19(29)7-2;1-6-18-15-32-10-9-29(18)23-12-16(24(2,3)33(5,30)31)11-21(28-23)20-8-7-19-22(27-20)13-17(26-19)14-25-4;1-5-12-10-21-7-6-18(12)14-9-11(8-13(16)17-14)15(2,3)22(4,19)20;1-5-13-11-20-9-8-17(13)14-10-12(6-7-16-14)15(2,3)21(4,18)19;1-2-3-7-6-9-8(12-7)4-5-10(11)13-9;;;;;/h9-10,13-15,19,26H,6-8,11-12,16H2,1-5H3;7-8,11-13,18,25-26H,6,9-10,14-15H2,1-5H3;8-9,12H,5-7,10H2,1-4H3;6,10,13H,5,8-9,11H2,1-4H3;4-6,12H,2-3H2,1H3;1H4;3*1H3;/t19-;18-;12-;13-;;;;;;/m0000....../s1. The molecule has 10 aromatic rings. The van der Waals surface area contributed by atoms with Crippen LogP contribution in [-0.2, 0) is 96.7 Å². The van der Waals surface area contributed by atoms with Crippen LogP contribution in [0.4, 0.5) is 23.3 Å². The van der Waals surface area contributed by atoms with Gasteiger partial charge in [0.1, 0.15) is 27.8 Å². The number of hydrogen-bond acceptors (Lipinski definition) is 24. The second-order valence-corrected chi connectivity index (χ2v) is 61.6. The smallest absolute Gasteiger partial charge is 0.156 e. The molecule has 4 fully saturated rings. The summed E-state index contributed by atoms with van der Waals surface area (Å²) in [7, 11) is -11.3. The van der Waals surface area contributed by atoms with Crippen LogP contribution in [0.3, 0.4) is 0 Å². The van der Waals surface area contributed by atoms with E-state index in [1.807, 2.05) is 85.9 Å². The largest absolute Gasteiger partial charge is 0.377 e. The van der Waals surface area contributed by atoms with E-state index in [9.17, 15) is 33.7 Å². The van der Waals surface area contributed by atoms with Crippen molar-refractivity contribution in [1.29, 1.82) is 0 Å². The van der Waals surface area contributed by atoms with E-state index < -0.39 is 76.7 Å². The molecule has 34 heteroatoms. The Hall–Kier alpha value is -7.15. The topological polar surface area (TPSA) is 336 Å². The van der Waals surface area contributed by atoms with Crippen LogP contribution < -0.4 is 28.6 Å². The molecule has 14 rings (SSSR count). The van der Waals surface area contributed by atoms with E-state index in [4.69, 9.17) is 67.1 Å². The Kier molecular flexibility index (Phi) is 35.1. The van der Waals surface area contributed by atoms with Crippen LogP contribution in [0, 0.1) is 0 Å². The quantitative estimate of drug-likeness (QED) is 0.0305. The third kappa shape index (κ3) is 25.0. The summed E-state index contributed by atoms with van der Waals surface area (Å²) in [4.78, 5) is 59.2. The van der Waals surface area contributed by atoms with Gasteiger partial charge in [0, 0.05) is 62.0 Å². The number of aryl methyl sites for hydroxylation is 2. The van der Waals surface area contributed by atoms with Crippen molar-refractivity contribution in [2.45, 2.75) is 220 Å². The van der Waals surface area contributed by atoms with Gasteiger partial charge in [-0.15, -0.1) is 0 Å². The predicted octanol–water partition coefficient (Wildman–Crippen LogP) is 16.7. The van der Waals surface area contributed by atoms with Crippen LogP contribution in [0.25, 0.3) is 55.9 Å².